The molecule has 2 atom stereocenters. The smallest absolute Gasteiger partial charge is 0.331 e. The lowest BCUT2D eigenvalue weighted by molar-refractivity contribution is 0.190. The summed E-state index contributed by atoms with van der Waals surface area (Å²) in [6.07, 6.45) is 14.7. The number of hydrogen-bond acceptors (Lipinski definition) is 10. The van der Waals surface area contributed by atoms with E-state index in [0.29, 0.717) is 43.3 Å². The van der Waals surface area contributed by atoms with E-state index >= 15 is 0 Å². The molecule has 0 spiro atoms. The van der Waals surface area contributed by atoms with Crippen LogP contribution in [0.1, 0.15) is 120 Å². The normalized spacial score (nSPS) is 15.1. The second-order valence-electron chi connectivity index (χ2n) is 17.0. The summed E-state index contributed by atoms with van der Waals surface area (Å²) in [5, 5.41) is 1.07. The second-order valence-corrected chi connectivity index (χ2v) is 22.1. The van der Waals surface area contributed by atoms with Crippen molar-refractivity contribution in [2.45, 2.75) is 136 Å². The van der Waals surface area contributed by atoms with Crippen LogP contribution in [0.15, 0.2) is 131 Å². The summed E-state index contributed by atoms with van der Waals surface area (Å²) in [6.45, 7) is 5.43. The highest BCUT2D eigenvalue weighted by Crippen LogP contribution is 2.51. The second kappa shape index (κ2) is 32.4. The molecule has 13 heteroatoms. The van der Waals surface area contributed by atoms with Gasteiger partial charge in [0, 0.05) is 5.33 Å². The third kappa shape index (κ3) is 22.1. The molecule has 0 radical (unpaired) electrons. The van der Waals surface area contributed by atoms with Crippen molar-refractivity contribution < 1.29 is 36.7 Å². The van der Waals surface area contributed by atoms with E-state index in [1.54, 1.807) is 14.2 Å². The lowest BCUT2D eigenvalue weighted by Crippen LogP contribution is -2.37. The van der Waals surface area contributed by atoms with E-state index in [1.165, 1.54) is 25.7 Å². The first-order valence-electron chi connectivity index (χ1n) is 23.9. The molecule has 10 nitrogen and oxygen atoms in total. The van der Waals surface area contributed by atoms with Gasteiger partial charge in [0.05, 0.1) is 53.0 Å². The van der Waals surface area contributed by atoms with Crippen molar-refractivity contribution >= 4 is 42.9 Å². The predicted molar refractivity (Wildman–Crippen MR) is 275 cm³/mol. The van der Waals surface area contributed by atoms with Crippen LogP contribution in [0.2, 0.25) is 0 Å². The van der Waals surface area contributed by atoms with Crippen LogP contribution in [-0.4, -0.2) is 55.8 Å². The minimum atomic E-state index is -3.22. The summed E-state index contributed by atoms with van der Waals surface area (Å²) < 4.78 is 61.3. The van der Waals surface area contributed by atoms with Gasteiger partial charge in [-0.05, 0) is 53.9 Å². The summed E-state index contributed by atoms with van der Waals surface area (Å²) in [5.74, 6) is 1.71. The summed E-state index contributed by atoms with van der Waals surface area (Å²) in [7, 11) is -3.00. The number of unbranched alkanes of at least 4 members (excludes halogenated alkanes) is 10. The van der Waals surface area contributed by atoms with Gasteiger partial charge in [-0.3, -0.25) is 9.13 Å². The largest absolute Gasteiger partial charge is 0.483 e. The van der Waals surface area contributed by atoms with Crippen molar-refractivity contribution in [3.8, 4) is 0 Å². The number of aliphatic imine (C=N–C) groups is 2. The quantitative estimate of drug-likeness (QED) is 0.0288. The van der Waals surface area contributed by atoms with E-state index in [0.717, 1.165) is 85.4 Å². The summed E-state index contributed by atoms with van der Waals surface area (Å²) >= 11 is 3.46. The highest BCUT2D eigenvalue weighted by atomic mass is 79.9. The van der Waals surface area contributed by atoms with Crippen LogP contribution in [0.3, 0.4) is 0 Å². The Hall–Kier alpha value is -3.40. The van der Waals surface area contributed by atoms with Gasteiger partial charge < -0.3 is 27.6 Å². The minimum absolute atomic E-state index is 0.0747. The fourth-order valence-corrected chi connectivity index (χ4v) is 11.0. The van der Waals surface area contributed by atoms with Crippen molar-refractivity contribution in [1.29, 1.82) is 0 Å². The van der Waals surface area contributed by atoms with E-state index in [1.807, 2.05) is 121 Å². The number of ether oxygens (including phenoxy) is 2. The van der Waals surface area contributed by atoms with Crippen LogP contribution < -0.4 is 0 Å². The highest BCUT2D eigenvalue weighted by Gasteiger charge is 2.31. The Morgan fingerprint density at radius 3 is 1.14 bits per heavy atom. The molecule has 0 unspecified atom stereocenters. The fraction of sp³-hybridized carbons (Fsp3) is 0.509. The highest BCUT2D eigenvalue weighted by molar-refractivity contribution is 9.09. The zero-order valence-corrected chi connectivity index (χ0v) is 43.2. The Bertz CT molecular complexity index is 1930. The maximum absolute atomic E-state index is 13.6. The zero-order valence-electron chi connectivity index (χ0n) is 39.9. The summed E-state index contributed by atoms with van der Waals surface area (Å²) in [6, 6.07) is 39.2. The maximum atomic E-state index is 13.6. The molecule has 4 aromatic rings. The molecule has 1 heterocycles. The third-order valence-corrected chi connectivity index (χ3v) is 15.6. The van der Waals surface area contributed by atoms with Crippen molar-refractivity contribution in [2.24, 2.45) is 15.9 Å². The van der Waals surface area contributed by atoms with Crippen molar-refractivity contribution in [2.75, 3.05) is 31.9 Å². The van der Waals surface area contributed by atoms with E-state index in [9.17, 15) is 9.13 Å². The number of nitrogens with zero attached hydrogens (tertiary/aromatic N) is 2. The average Bonchev–Trinajstić information content (AvgIpc) is 3.35. The number of rotatable bonds is 30. The molecule has 1 aliphatic rings. The van der Waals surface area contributed by atoms with E-state index in [2.05, 4.69) is 29.8 Å². The van der Waals surface area contributed by atoms with Crippen LogP contribution >= 0.6 is 31.1 Å². The molecule has 66 heavy (non-hydrogen) atoms. The van der Waals surface area contributed by atoms with Crippen LogP contribution in [0, 0.1) is 5.92 Å². The minimum Gasteiger partial charge on any atom is -0.483 e. The first-order chi connectivity index (χ1) is 32.2. The van der Waals surface area contributed by atoms with E-state index in [-0.39, 0.29) is 25.3 Å². The van der Waals surface area contributed by atoms with Gasteiger partial charge in [0.25, 0.3) is 0 Å². The Morgan fingerprint density at radius 2 is 0.803 bits per heavy atom. The molecule has 0 aliphatic carbocycles. The number of halogens is 1. The van der Waals surface area contributed by atoms with Gasteiger partial charge in [-0.1, -0.05) is 209 Å². The van der Waals surface area contributed by atoms with E-state index in [4.69, 9.17) is 37.6 Å². The van der Waals surface area contributed by atoms with Gasteiger partial charge in [-0.15, -0.1) is 0 Å². The zero-order chi connectivity index (χ0) is 47.1. The molecule has 0 aromatic heterocycles. The number of benzene rings is 4. The van der Waals surface area contributed by atoms with Gasteiger partial charge >= 0.3 is 15.2 Å². The first-order valence-corrected chi connectivity index (χ1v) is 28.4. The summed E-state index contributed by atoms with van der Waals surface area (Å²) in [5.41, 5.74) is 4.00. The molecule has 4 aromatic carbocycles. The molecule has 0 amide bonds. The Labute approximate surface area is 404 Å². The first kappa shape index (κ1) is 55.2. The van der Waals surface area contributed by atoms with Gasteiger partial charge in [0.15, 0.2) is 0 Å². The lowest BCUT2D eigenvalue weighted by Gasteiger charge is -2.27. The van der Waals surface area contributed by atoms with E-state index < -0.39 is 15.2 Å². The Kier molecular flexibility index (Phi) is 27.1. The number of hydrogen-bond donors (Lipinski definition) is 0. The number of methoxy groups -OCH3 is 2. The third-order valence-electron chi connectivity index (χ3n) is 11.2. The topological polar surface area (TPSA) is 114 Å². The maximum Gasteiger partial charge on any atom is 0.331 e. The van der Waals surface area contributed by atoms with Crippen molar-refractivity contribution in [3.63, 3.8) is 0 Å². The van der Waals surface area contributed by atoms with Crippen LogP contribution in [0.25, 0.3) is 0 Å². The Balaban J connectivity index is 0.000000309. The van der Waals surface area contributed by atoms with Crippen LogP contribution in [0.4, 0.5) is 0 Å². The molecule has 0 saturated heterocycles. The van der Waals surface area contributed by atoms with Crippen LogP contribution in [0.5, 0.6) is 0 Å². The molecule has 0 N–H and O–H groups in total. The molecule has 5 rings (SSSR count). The van der Waals surface area contributed by atoms with Crippen molar-refractivity contribution in [3.05, 3.63) is 144 Å². The van der Waals surface area contributed by atoms with Crippen LogP contribution in [-0.2, 0) is 63.1 Å². The monoisotopic (exact) mass is 1010 g/mol. The molecule has 362 valence electrons. The standard InChI is InChI=1S/C31H45N2O5P.C22H30BrO3P/c1-25(2)29-31(36-4)32-28(30(33-29)35-3)21-15-7-5-6-8-16-22-39(34,37-23-26-17-11-9-12-18-26)38-24-27-19-13-10-14-20-27;23-17-11-3-1-2-4-12-18-27(24,25-19-21-13-7-5-8-14-21)26-20-22-15-9-6-10-16-22/h9-14,17-20,25,28-29H,5-8,15-16,21-24H2,1-4H3;5-10,13-16H,1-4,11-12,17-20H2/t28-,29+;/m1./s1. The molecule has 0 saturated carbocycles. The van der Waals surface area contributed by atoms with Gasteiger partial charge in [0.1, 0.15) is 12.1 Å². The summed E-state index contributed by atoms with van der Waals surface area (Å²) in [4.78, 5) is 9.54. The fourth-order valence-electron chi connectivity index (χ4n) is 7.33. The van der Waals surface area contributed by atoms with Gasteiger partial charge in [0.2, 0.25) is 11.8 Å². The number of alkyl halides is 1. The SMILES string of the molecule is COC1=N[C@H](CCCCCCCCP(=O)(OCc2ccccc2)OCc2ccccc2)C(OC)=N[C@H]1C(C)C.O=P(CCCCCCCCBr)(OCc1ccccc1)OCc1ccccc1. The van der Waals surface area contributed by atoms with Crippen molar-refractivity contribution in [1.82, 2.24) is 0 Å². The molecule has 1 aliphatic heterocycles. The molecule has 0 bridgehead atoms. The molecular formula is C53H75BrN2O8P2. The predicted octanol–water partition coefficient (Wildman–Crippen LogP) is 15.2. The van der Waals surface area contributed by atoms with Gasteiger partial charge in [-0.25, -0.2) is 9.98 Å². The molecule has 0 fully saturated rings. The lowest BCUT2D eigenvalue weighted by atomic mass is 10.0. The molecular weight excluding hydrogens is 934 g/mol. The average molecular weight is 1010 g/mol. The Morgan fingerprint density at radius 1 is 0.470 bits per heavy atom. The van der Waals surface area contributed by atoms with Gasteiger partial charge in [-0.2, -0.15) is 0 Å².